The summed E-state index contributed by atoms with van der Waals surface area (Å²) in [7, 11) is 0. The highest BCUT2D eigenvalue weighted by atomic mass is 32.2. The van der Waals surface area contributed by atoms with E-state index in [0.717, 1.165) is 23.9 Å². The average molecular weight is 262 g/mol. The fourth-order valence-electron chi connectivity index (χ4n) is 1.81. The highest BCUT2D eigenvalue weighted by Crippen LogP contribution is 2.18. The molecule has 1 atom stereocenters. The summed E-state index contributed by atoms with van der Waals surface area (Å²) in [6.45, 7) is 1.92. The lowest BCUT2D eigenvalue weighted by molar-refractivity contribution is 0.398. The Labute approximate surface area is 112 Å². The zero-order valence-corrected chi connectivity index (χ0v) is 11.5. The molecule has 1 N–H and O–H groups in total. The van der Waals surface area contributed by atoms with Gasteiger partial charge in [0.05, 0.1) is 12.2 Å². The summed E-state index contributed by atoms with van der Waals surface area (Å²) in [6, 6.07) is 10.5. The molecule has 0 fully saturated rings. The minimum atomic E-state index is 0.133. The quantitative estimate of drug-likeness (QED) is 0.811. The molecule has 0 spiro atoms. The smallest absolute Gasteiger partial charge is 0.211 e. The molecule has 2 rings (SSSR count). The van der Waals surface area contributed by atoms with Gasteiger partial charge in [-0.05, 0) is 25.2 Å². The molecule has 0 aliphatic heterocycles. The monoisotopic (exact) mass is 262 g/mol. The normalized spacial score (nSPS) is 12.6. The number of nitrogens with one attached hydrogen (secondary N) is 1. The second-order valence-corrected chi connectivity index (χ2v) is 5.05. The van der Waals surface area contributed by atoms with Crippen molar-refractivity contribution in [3.8, 4) is 0 Å². The molecule has 18 heavy (non-hydrogen) atoms. The van der Waals surface area contributed by atoms with Crippen LogP contribution in [0.4, 0.5) is 0 Å². The van der Waals surface area contributed by atoms with Gasteiger partial charge in [-0.3, -0.25) is 5.32 Å². The molecule has 1 aromatic carbocycles. The van der Waals surface area contributed by atoms with E-state index in [1.165, 1.54) is 5.56 Å². The Hall–Kier alpha value is -1.26. The van der Waals surface area contributed by atoms with Crippen LogP contribution in [-0.2, 0) is 6.42 Å². The van der Waals surface area contributed by atoms with E-state index in [9.17, 15) is 0 Å². The Balaban J connectivity index is 2.10. The Morgan fingerprint density at radius 2 is 2.11 bits per heavy atom. The highest BCUT2D eigenvalue weighted by molar-refractivity contribution is 7.98. The summed E-state index contributed by atoms with van der Waals surface area (Å²) in [5.74, 6) is 2.51. The van der Waals surface area contributed by atoms with E-state index in [0.29, 0.717) is 0 Å². The molecular formula is C14H18N2OS. The summed E-state index contributed by atoms with van der Waals surface area (Å²) in [6.07, 6.45) is 4.74. The second-order valence-electron chi connectivity index (χ2n) is 4.19. The number of nitrogens with zero attached hydrogens (tertiary/aromatic N) is 1. The molecule has 0 aliphatic carbocycles. The van der Waals surface area contributed by atoms with Crippen molar-refractivity contribution >= 4 is 11.8 Å². The van der Waals surface area contributed by atoms with Crippen molar-refractivity contribution in [1.29, 1.82) is 0 Å². The molecule has 0 amide bonds. The van der Waals surface area contributed by atoms with Crippen molar-refractivity contribution < 1.29 is 4.42 Å². The predicted molar refractivity (Wildman–Crippen MR) is 75.6 cm³/mol. The van der Waals surface area contributed by atoms with Gasteiger partial charge in [-0.25, -0.2) is 4.98 Å². The van der Waals surface area contributed by atoms with Crippen LogP contribution in [0.3, 0.4) is 0 Å². The van der Waals surface area contributed by atoms with Crippen LogP contribution in [0.5, 0.6) is 0 Å². The third kappa shape index (κ3) is 3.62. The number of oxazole rings is 1. The first kappa shape index (κ1) is 13.2. The van der Waals surface area contributed by atoms with E-state index >= 15 is 0 Å². The number of hydrogen-bond acceptors (Lipinski definition) is 4. The third-order valence-corrected chi connectivity index (χ3v) is 3.15. The molecule has 4 heteroatoms. The SMILES string of the molecule is CSCNC(Cc1ccccc1)c1ncc(C)o1. The maximum absolute atomic E-state index is 5.63. The van der Waals surface area contributed by atoms with Crippen molar-refractivity contribution in [3.05, 3.63) is 53.7 Å². The highest BCUT2D eigenvalue weighted by Gasteiger charge is 2.16. The lowest BCUT2D eigenvalue weighted by Gasteiger charge is -2.15. The van der Waals surface area contributed by atoms with Crippen LogP contribution in [0.1, 0.15) is 23.3 Å². The number of rotatable bonds is 6. The molecule has 3 nitrogen and oxygen atoms in total. The van der Waals surface area contributed by atoms with Crippen LogP contribution in [0, 0.1) is 6.92 Å². The maximum atomic E-state index is 5.63. The average Bonchev–Trinajstić information content (AvgIpc) is 2.82. The van der Waals surface area contributed by atoms with Crippen LogP contribution in [0.25, 0.3) is 0 Å². The Morgan fingerprint density at radius 3 is 2.72 bits per heavy atom. The lowest BCUT2D eigenvalue weighted by atomic mass is 10.1. The van der Waals surface area contributed by atoms with E-state index in [4.69, 9.17) is 4.42 Å². The van der Waals surface area contributed by atoms with E-state index in [2.05, 4.69) is 40.8 Å². The van der Waals surface area contributed by atoms with Crippen molar-refractivity contribution in [3.63, 3.8) is 0 Å². The molecule has 96 valence electrons. The largest absolute Gasteiger partial charge is 0.444 e. The van der Waals surface area contributed by atoms with Crippen LogP contribution < -0.4 is 5.32 Å². The van der Waals surface area contributed by atoms with Gasteiger partial charge in [0, 0.05) is 5.88 Å². The number of thioether (sulfide) groups is 1. The predicted octanol–water partition coefficient (Wildman–Crippen LogP) is 3.18. The zero-order chi connectivity index (χ0) is 12.8. The lowest BCUT2D eigenvalue weighted by Crippen LogP contribution is -2.23. The fraction of sp³-hybridized carbons (Fsp3) is 0.357. The molecule has 0 aliphatic rings. The van der Waals surface area contributed by atoms with E-state index in [-0.39, 0.29) is 6.04 Å². The minimum Gasteiger partial charge on any atom is -0.444 e. The topological polar surface area (TPSA) is 38.1 Å². The Bertz CT molecular complexity index is 470. The summed E-state index contributed by atoms with van der Waals surface area (Å²) in [5.41, 5.74) is 1.28. The first-order chi connectivity index (χ1) is 8.79. The van der Waals surface area contributed by atoms with Crippen LogP contribution in [0.2, 0.25) is 0 Å². The molecule has 1 heterocycles. The number of aromatic nitrogens is 1. The van der Waals surface area contributed by atoms with Gasteiger partial charge in [0.1, 0.15) is 5.76 Å². The van der Waals surface area contributed by atoms with Crippen LogP contribution >= 0.6 is 11.8 Å². The fourth-order valence-corrected chi connectivity index (χ4v) is 2.18. The third-order valence-electron chi connectivity index (χ3n) is 2.69. The molecule has 1 unspecified atom stereocenters. The number of hydrogen-bond donors (Lipinski definition) is 1. The van der Waals surface area contributed by atoms with E-state index in [1.54, 1.807) is 18.0 Å². The van der Waals surface area contributed by atoms with E-state index < -0.39 is 0 Å². The Kier molecular flexibility index (Phi) is 4.84. The summed E-state index contributed by atoms with van der Waals surface area (Å²) >= 11 is 1.76. The first-order valence-corrected chi connectivity index (χ1v) is 7.37. The van der Waals surface area contributed by atoms with Gasteiger partial charge in [-0.1, -0.05) is 30.3 Å². The molecule has 0 bridgehead atoms. The molecule has 2 aromatic rings. The van der Waals surface area contributed by atoms with Gasteiger partial charge in [0.2, 0.25) is 5.89 Å². The second kappa shape index (κ2) is 6.61. The van der Waals surface area contributed by atoms with E-state index in [1.807, 2.05) is 13.0 Å². The summed E-state index contributed by atoms with van der Waals surface area (Å²) in [5, 5.41) is 3.45. The molecule has 1 aromatic heterocycles. The summed E-state index contributed by atoms with van der Waals surface area (Å²) < 4.78 is 5.63. The number of benzene rings is 1. The van der Waals surface area contributed by atoms with Crippen molar-refractivity contribution in [2.45, 2.75) is 19.4 Å². The zero-order valence-electron chi connectivity index (χ0n) is 10.7. The van der Waals surface area contributed by atoms with Gasteiger partial charge in [0.25, 0.3) is 0 Å². The van der Waals surface area contributed by atoms with Gasteiger partial charge in [-0.15, -0.1) is 11.8 Å². The van der Waals surface area contributed by atoms with Gasteiger partial charge >= 0.3 is 0 Å². The van der Waals surface area contributed by atoms with Crippen LogP contribution in [-0.4, -0.2) is 17.1 Å². The van der Waals surface area contributed by atoms with Crippen molar-refractivity contribution in [2.24, 2.45) is 0 Å². The molecular weight excluding hydrogens is 244 g/mol. The molecule has 0 saturated heterocycles. The van der Waals surface area contributed by atoms with Crippen molar-refractivity contribution in [2.75, 3.05) is 12.1 Å². The van der Waals surface area contributed by atoms with Gasteiger partial charge in [-0.2, -0.15) is 0 Å². The Morgan fingerprint density at radius 1 is 1.33 bits per heavy atom. The standard InChI is InChI=1S/C14H18N2OS/c1-11-9-15-14(17-11)13(16-10-18-2)8-12-6-4-3-5-7-12/h3-7,9,13,16H,8,10H2,1-2H3. The first-order valence-electron chi connectivity index (χ1n) is 5.98. The maximum Gasteiger partial charge on any atom is 0.211 e. The molecule has 0 radical (unpaired) electrons. The molecule has 0 saturated carbocycles. The van der Waals surface area contributed by atoms with Crippen LogP contribution in [0.15, 0.2) is 40.9 Å². The van der Waals surface area contributed by atoms with Crippen molar-refractivity contribution in [1.82, 2.24) is 10.3 Å². The number of aryl methyl sites for hydroxylation is 1. The summed E-state index contributed by atoms with van der Waals surface area (Å²) in [4.78, 5) is 4.33. The van der Waals surface area contributed by atoms with Gasteiger partial charge < -0.3 is 4.42 Å². The van der Waals surface area contributed by atoms with Gasteiger partial charge in [0.15, 0.2) is 0 Å². The minimum absolute atomic E-state index is 0.133.